The van der Waals surface area contributed by atoms with Gasteiger partial charge in [-0.25, -0.2) is 4.39 Å². The van der Waals surface area contributed by atoms with E-state index in [2.05, 4.69) is 10.2 Å². The summed E-state index contributed by atoms with van der Waals surface area (Å²) >= 11 is 1.29. The first-order chi connectivity index (χ1) is 15.1. The molecule has 1 aliphatic carbocycles. The number of imide groups is 1. The number of hydrogen-bond acceptors (Lipinski definition) is 5. The van der Waals surface area contributed by atoms with E-state index < -0.39 is 0 Å². The average molecular weight is 437 g/mol. The fourth-order valence-electron chi connectivity index (χ4n) is 4.35. The maximum absolute atomic E-state index is 14.5. The zero-order valence-corrected chi connectivity index (χ0v) is 17.6. The summed E-state index contributed by atoms with van der Waals surface area (Å²) in [4.78, 5) is 26.6. The van der Waals surface area contributed by atoms with Gasteiger partial charge in [0.25, 0.3) is 11.8 Å². The second-order valence-corrected chi connectivity index (χ2v) is 8.72. The molecule has 1 aliphatic heterocycles. The first kappa shape index (κ1) is 19.9. The standard InChI is InChI=1S/C23H21FN4O2S/c24-19-13-7-6-12-18(19)20-25-26-23(28(20)15-8-2-1-3-9-15)31-14-27-21(29)16-10-4-5-11-17(16)22(27)30/h4-7,10-13,15H,1-3,8-9,14H2. The number of aromatic nitrogens is 3. The Bertz CT molecular complexity index is 1120. The highest BCUT2D eigenvalue weighted by molar-refractivity contribution is 7.99. The van der Waals surface area contributed by atoms with Crippen molar-refractivity contribution in [3.05, 3.63) is 65.5 Å². The lowest BCUT2D eigenvalue weighted by atomic mass is 9.95. The molecular formula is C23H21FN4O2S. The van der Waals surface area contributed by atoms with Gasteiger partial charge in [0.15, 0.2) is 11.0 Å². The molecule has 6 nitrogen and oxygen atoms in total. The van der Waals surface area contributed by atoms with Gasteiger partial charge in [-0.3, -0.25) is 19.1 Å². The SMILES string of the molecule is O=C1c2ccccc2C(=O)N1CSc1nnc(-c2ccccc2F)n1C1CCCCC1. The van der Waals surface area contributed by atoms with E-state index in [-0.39, 0.29) is 29.6 Å². The van der Waals surface area contributed by atoms with Crippen molar-refractivity contribution in [2.75, 3.05) is 5.88 Å². The Kier molecular flexibility index (Phi) is 5.31. The van der Waals surface area contributed by atoms with Crippen molar-refractivity contribution in [2.45, 2.75) is 43.3 Å². The highest BCUT2D eigenvalue weighted by Gasteiger charge is 2.35. The van der Waals surface area contributed by atoms with Crippen molar-refractivity contribution in [1.82, 2.24) is 19.7 Å². The van der Waals surface area contributed by atoms with Crippen LogP contribution in [0.4, 0.5) is 4.39 Å². The minimum atomic E-state index is -0.344. The van der Waals surface area contributed by atoms with Crippen LogP contribution in [0.5, 0.6) is 0 Å². The molecule has 2 heterocycles. The van der Waals surface area contributed by atoms with Gasteiger partial charge in [-0.05, 0) is 37.1 Å². The number of hydrogen-bond donors (Lipinski definition) is 0. The predicted molar refractivity (Wildman–Crippen MR) is 115 cm³/mol. The monoisotopic (exact) mass is 436 g/mol. The van der Waals surface area contributed by atoms with Gasteiger partial charge in [-0.1, -0.05) is 55.3 Å². The van der Waals surface area contributed by atoms with Crippen LogP contribution >= 0.6 is 11.8 Å². The molecule has 158 valence electrons. The molecule has 0 N–H and O–H groups in total. The van der Waals surface area contributed by atoms with Crippen LogP contribution in [0.1, 0.15) is 58.9 Å². The van der Waals surface area contributed by atoms with Gasteiger partial charge in [0.05, 0.1) is 22.6 Å². The molecule has 0 unspecified atom stereocenters. The summed E-state index contributed by atoms with van der Waals surface area (Å²) in [5.41, 5.74) is 1.26. The number of rotatable bonds is 5. The summed E-state index contributed by atoms with van der Waals surface area (Å²) in [7, 11) is 0. The number of thioether (sulfide) groups is 1. The van der Waals surface area contributed by atoms with E-state index in [1.807, 2.05) is 4.57 Å². The maximum atomic E-state index is 14.5. The minimum Gasteiger partial charge on any atom is -0.299 e. The summed E-state index contributed by atoms with van der Waals surface area (Å²) in [6.45, 7) is 0. The second-order valence-electron chi connectivity index (χ2n) is 7.81. The molecule has 2 aromatic carbocycles. The van der Waals surface area contributed by atoms with Gasteiger partial charge in [-0.15, -0.1) is 10.2 Å². The quantitative estimate of drug-likeness (QED) is 0.419. The van der Waals surface area contributed by atoms with Crippen LogP contribution in [0.2, 0.25) is 0 Å². The van der Waals surface area contributed by atoms with Crippen molar-refractivity contribution in [2.24, 2.45) is 0 Å². The van der Waals surface area contributed by atoms with Gasteiger partial charge >= 0.3 is 0 Å². The molecule has 3 aromatic rings. The lowest BCUT2D eigenvalue weighted by Gasteiger charge is -2.26. The molecule has 5 rings (SSSR count). The van der Waals surface area contributed by atoms with Gasteiger partial charge in [0.2, 0.25) is 0 Å². The predicted octanol–water partition coefficient (Wildman–Crippen LogP) is 4.94. The number of halogens is 1. The van der Waals surface area contributed by atoms with E-state index in [0.29, 0.717) is 27.7 Å². The van der Waals surface area contributed by atoms with Gasteiger partial charge < -0.3 is 0 Å². The molecular weight excluding hydrogens is 415 g/mol. The van der Waals surface area contributed by atoms with E-state index in [4.69, 9.17) is 0 Å². The number of benzene rings is 2. The maximum Gasteiger partial charge on any atom is 0.262 e. The van der Waals surface area contributed by atoms with Gasteiger partial charge in [0, 0.05) is 6.04 Å². The highest BCUT2D eigenvalue weighted by Crippen LogP contribution is 2.37. The van der Waals surface area contributed by atoms with Crippen molar-refractivity contribution < 1.29 is 14.0 Å². The second kappa shape index (κ2) is 8.26. The van der Waals surface area contributed by atoms with Crippen molar-refractivity contribution in [3.8, 4) is 11.4 Å². The fourth-order valence-corrected chi connectivity index (χ4v) is 5.30. The van der Waals surface area contributed by atoms with Crippen LogP contribution in [-0.4, -0.2) is 37.4 Å². The van der Waals surface area contributed by atoms with E-state index in [1.54, 1.807) is 42.5 Å². The van der Waals surface area contributed by atoms with Crippen LogP contribution in [0.15, 0.2) is 53.7 Å². The van der Waals surface area contributed by atoms with Crippen molar-refractivity contribution >= 4 is 23.6 Å². The molecule has 0 bridgehead atoms. The summed E-state index contributed by atoms with van der Waals surface area (Å²) in [5.74, 6) is -0.315. The molecule has 0 saturated heterocycles. The van der Waals surface area contributed by atoms with E-state index >= 15 is 0 Å². The molecule has 2 amide bonds. The third-order valence-electron chi connectivity index (χ3n) is 5.92. The summed E-state index contributed by atoms with van der Waals surface area (Å²) in [6.07, 6.45) is 5.33. The Hall–Kier alpha value is -3.00. The molecule has 1 aromatic heterocycles. The summed E-state index contributed by atoms with van der Waals surface area (Å²) in [6, 6.07) is 13.6. The number of carbonyl (C=O) groups is 2. The minimum absolute atomic E-state index is 0.133. The summed E-state index contributed by atoms with van der Waals surface area (Å²) in [5, 5.41) is 9.24. The zero-order valence-electron chi connectivity index (χ0n) is 16.8. The molecule has 1 fully saturated rings. The normalized spacial score (nSPS) is 16.7. The Morgan fingerprint density at radius 3 is 2.13 bits per heavy atom. The van der Waals surface area contributed by atoms with Crippen LogP contribution in [0, 0.1) is 5.82 Å². The Labute approximate surface area is 183 Å². The lowest BCUT2D eigenvalue weighted by molar-refractivity contribution is 0.0684. The van der Waals surface area contributed by atoms with Crippen LogP contribution < -0.4 is 0 Å². The first-order valence-electron chi connectivity index (χ1n) is 10.4. The molecule has 0 spiro atoms. The Morgan fingerprint density at radius 1 is 0.871 bits per heavy atom. The molecule has 1 saturated carbocycles. The Balaban J connectivity index is 1.45. The van der Waals surface area contributed by atoms with Crippen LogP contribution in [0.3, 0.4) is 0 Å². The van der Waals surface area contributed by atoms with Gasteiger partial charge in [0.1, 0.15) is 5.82 Å². The summed E-state index contributed by atoms with van der Waals surface area (Å²) < 4.78 is 16.5. The van der Waals surface area contributed by atoms with E-state index in [0.717, 1.165) is 25.7 Å². The lowest BCUT2D eigenvalue weighted by Crippen LogP contribution is -2.29. The largest absolute Gasteiger partial charge is 0.299 e. The number of fused-ring (bicyclic) bond motifs is 1. The smallest absolute Gasteiger partial charge is 0.262 e. The van der Waals surface area contributed by atoms with Crippen molar-refractivity contribution in [3.63, 3.8) is 0 Å². The fraction of sp³-hybridized carbons (Fsp3) is 0.304. The Morgan fingerprint density at radius 2 is 1.48 bits per heavy atom. The third-order valence-corrected chi connectivity index (χ3v) is 6.84. The third kappa shape index (κ3) is 3.54. The number of nitrogens with zero attached hydrogens (tertiary/aromatic N) is 4. The number of amides is 2. The first-order valence-corrected chi connectivity index (χ1v) is 11.4. The molecule has 0 atom stereocenters. The van der Waals surface area contributed by atoms with Crippen molar-refractivity contribution in [1.29, 1.82) is 0 Å². The van der Waals surface area contributed by atoms with Gasteiger partial charge in [-0.2, -0.15) is 0 Å². The molecule has 31 heavy (non-hydrogen) atoms. The highest BCUT2D eigenvalue weighted by atomic mass is 32.2. The molecule has 2 aliphatic rings. The molecule has 8 heteroatoms. The average Bonchev–Trinajstić information content (AvgIpc) is 3.33. The number of carbonyl (C=O) groups excluding carboxylic acids is 2. The van der Waals surface area contributed by atoms with Crippen LogP contribution in [0.25, 0.3) is 11.4 Å². The molecule has 0 radical (unpaired) electrons. The van der Waals surface area contributed by atoms with E-state index in [1.165, 1.54) is 29.1 Å². The van der Waals surface area contributed by atoms with Crippen LogP contribution in [-0.2, 0) is 0 Å². The zero-order chi connectivity index (χ0) is 21.4. The van der Waals surface area contributed by atoms with E-state index in [9.17, 15) is 14.0 Å². The topological polar surface area (TPSA) is 68.1 Å².